The van der Waals surface area contributed by atoms with Crippen LogP contribution in [0.1, 0.15) is 36.1 Å². The van der Waals surface area contributed by atoms with Crippen molar-refractivity contribution >= 4 is 23.2 Å². The first-order chi connectivity index (χ1) is 7.52. The molecule has 1 rings (SSSR count). The minimum absolute atomic E-state index is 0.0801. The zero-order valence-electron chi connectivity index (χ0n) is 9.32. The average Bonchev–Trinajstić information content (AvgIpc) is 2.63. The molecule has 0 spiro atoms. The summed E-state index contributed by atoms with van der Waals surface area (Å²) in [7, 11) is 0. The molecule has 16 heavy (non-hydrogen) atoms. The Balaban J connectivity index is 2.82. The van der Waals surface area contributed by atoms with Gasteiger partial charge in [0.1, 0.15) is 0 Å². The summed E-state index contributed by atoms with van der Waals surface area (Å²) in [4.78, 5) is 23.8. The number of thiophene rings is 1. The van der Waals surface area contributed by atoms with Gasteiger partial charge in [-0.3, -0.25) is 9.59 Å². The lowest BCUT2D eigenvalue weighted by molar-refractivity contribution is -0.137. The van der Waals surface area contributed by atoms with E-state index in [4.69, 9.17) is 5.11 Å². The third-order valence-corrected chi connectivity index (χ3v) is 3.47. The van der Waals surface area contributed by atoms with E-state index in [-0.39, 0.29) is 12.3 Å². The number of aliphatic carboxylic acids is 1. The van der Waals surface area contributed by atoms with Crippen LogP contribution in [0.4, 0.5) is 0 Å². The molecule has 1 aromatic rings. The molecule has 0 aliphatic rings. The van der Waals surface area contributed by atoms with Crippen LogP contribution < -0.4 is 5.32 Å². The molecule has 1 amide bonds. The number of aryl methyl sites for hydroxylation is 1. The van der Waals surface area contributed by atoms with Gasteiger partial charge in [-0.05, 0) is 18.6 Å². The minimum Gasteiger partial charge on any atom is -0.481 e. The Hall–Kier alpha value is -1.36. The topological polar surface area (TPSA) is 66.4 Å². The van der Waals surface area contributed by atoms with E-state index < -0.39 is 12.0 Å². The molecule has 1 aromatic heterocycles. The molecule has 0 bridgehead atoms. The second-order valence-corrected chi connectivity index (χ2v) is 4.71. The summed E-state index contributed by atoms with van der Waals surface area (Å²) in [6.45, 7) is 3.43. The first-order valence-electron chi connectivity index (χ1n) is 5.10. The molecule has 0 unspecified atom stereocenters. The second kappa shape index (κ2) is 5.65. The van der Waals surface area contributed by atoms with Gasteiger partial charge in [0.05, 0.1) is 12.5 Å². The molecule has 0 saturated heterocycles. The summed E-state index contributed by atoms with van der Waals surface area (Å²) in [6.07, 6.45) is 0.841. The molecular weight excluding hydrogens is 226 g/mol. The molecule has 0 aliphatic heterocycles. The van der Waals surface area contributed by atoms with Crippen LogP contribution in [0, 0.1) is 0 Å². The molecule has 0 aromatic carbocycles. The third-order valence-electron chi connectivity index (χ3n) is 2.13. The van der Waals surface area contributed by atoms with E-state index in [2.05, 4.69) is 5.32 Å². The zero-order chi connectivity index (χ0) is 12.1. The quantitative estimate of drug-likeness (QED) is 0.828. The number of carboxylic acids is 1. The average molecular weight is 241 g/mol. The largest absolute Gasteiger partial charge is 0.481 e. The van der Waals surface area contributed by atoms with E-state index in [9.17, 15) is 9.59 Å². The maximum atomic E-state index is 11.0. The maximum absolute atomic E-state index is 11.0. The van der Waals surface area contributed by atoms with Crippen LogP contribution in [0.5, 0.6) is 0 Å². The fraction of sp³-hybridized carbons (Fsp3) is 0.455. The highest BCUT2D eigenvalue weighted by molar-refractivity contribution is 7.12. The molecule has 5 heteroatoms. The Morgan fingerprint density at radius 2 is 2.19 bits per heavy atom. The molecule has 1 heterocycles. The van der Waals surface area contributed by atoms with Crippen LogP contribution in [0.2, 0.25) is 0 Å². The fourth-order valence-corrected chi connectivity index (χ4v) is 2.42. The first kappa shape index (κ1) is 12.7. The molecule has 0 radical (unpaired) electrons. The number of amides is 1. The number of rotatable bonds is 5. The molecule has 4 nitrogen and oxygen atoms in total. The molecule has 2 N–H and O–H groups in total. The van der Waals surface area contributed by atoms with Crippen LogP contribution >= 0.6 is 11.3 Å². The van der Waals surface area contributed by atoms with Crippen molar-refractivity contribution in [3.05, 3.63) is 21.9 Å². The molecule has 1 atom stereocenters. The van der Waals surface area contributed by atoms with Gasteiger partial charge in [-0.15, -0.1) is 11.3 Å². The van der Waals surface area contributed by atoms with Gasteiger partial charge in [0, 0.05) is 16.7 Å². The highest BCUT2D eigenvalue weighted by Crippen LogP contribution is 2.26. The van der Waals surface area contributed by atoms with Crippen LogP contribution in [0.15, 0.2) is 12.1 Å². The van der Waals surface area contributed by atoms with E-state index in [0.717, 1.165) is 11.3 Å². The van der Waals surface area contributed by atoms with Crippen LogP contribution in [0.3, 0.4) is 0 Å². The highest BCUT2D eigenvalue weighted by Gasteiger charge is 2.18. The maximum Gasteiger partial charge on any atom is 0.305 e. The van der Waals surface area contributed by atoms with Crippen molar-refractivity contribution in [3.8, 4) is 0 Å². The third kappa shape index (κ3) is 3.66. The van der Waals surface area contributed by atoms with Crippen LogP contribution in [-0.4, -0.2) is 17.0 Å². The van der Waals surface area contributed by atoms with E-state index in [1.807, 2.05) is 19.1 Å². The summed E-state index contributed by atoms with van der Waals surface area (Å²) in [6, 6.07) is 3.43. The lowest BCUT2D eigenvalue weighted by Gasteiger charge is -2.13. The van der Waals surface area contributed by atoms with Gasteiger partial charge in [-0.2, -0.15) is 0 Å². The predicted molar refractivity (Wildman–Crippen MR) is 62.5 cm³/mol. The van der Waals surface area contributed by atoms with E-state index in [0.29, 0.717) is 0 Å². The molecule has 0 fully saturated rings. The van der Waals surface area contributed by atoms with E-state index in [1.165, 1.54) is 11.8 Å². The van der Waals surface area contributed by atoms with Crippen molar-refractivity contribution in [1.29, 1.82) is 0 Å². The van der Waals surface area contributed by atoms with Gasteiger partial charge in [-0.1, -0.05) is 6.92 Å². The van der Waals surface area contributed by atoms with Crippen molar-refractivity contribution < 1.29 is 14.7 Å². The van der Waals surface area contributed by atoms with Gasteiger partial charge < -0.3 is 10.4 Å². The highest BCUT2D eigenvalue weighted by atomic mass is 32.1. The Labute approximate surface area is 98.3 Å². The standard InChI is InChI=1S/C11H15NO3S/c1-3-8-4-5-10(16-8)9(6-11(14)15)12-7(2)13/h4-5,9H,3,6H2,1-2H3,(H,12,13)(H,14,15)/t9-/m1/s1. The zero-order valence-corrected chi connectivity index (χ0v) is 10.1. The Bertz CT molecular complexity index is 370. The van der Waals surface area contributed by atoms with Gasteiger partial charge >= 0.3 is 5.97 Å². The normalized spacial score (nSPS) is 12.1. The minimum atomic E-state index is -0.912. The Morgan fingerprint density at radius 3 is 2.62 bits per heavy atom. The van der Waals surface area contributed by atoms with E-state index >= 15 is 0 Å². The van der Waals surface area contributed by atoms with Crippen molar-refractivity contribution in [3.63, 3.8) is 0 Å². The van der Waals surface area contributed by atoms with Gasteiger partial charge in [-0.25, -0.2) is 0 Å². The van der Waals surface area contributed by atoms with Crippen molar-refractivity contribution in [2.24, 2.45) is 0 Å². The van der Waals surface area contributed by atoms with Gasteiger partial charge in [0.2, 0.25) is 5.91 Å². The Kier molecular flexibility index (Phi) is 4.49. The van der Waals surface area contributed by atoms with Crippen molar-refractivity contribution in [2.75, 3.05) is 0 Å². The number of nitrogens with one attached hydrogen (secondary N) is 1. The summed E-state index contributed by atoms with van der Waals surface area (Å²) in [5, 5.41) is 11.4. The first-order valence-corrected chi connectivity index (χ1v) is 5.92. The lowest BCUT2D eigenvalue weighted by Crippen LogP contribution is -2.27. The van der Waals surface area contributed by atoms with Gasteiger partial charge in [0.25, 0.3) is 0 Å². The molecule has 0 aliphatic carbocycles. The van der Waals surface area contributed by atoms with Crippen molar-refractivity contribution in [1.82, 2.24) is 5.32 Å². The number of hydrogen-bond acceptors (Lipinski definition) is 3. The fourth-order valence-electron chi connectivity index (χ4n) is 1.41. The number of carboxylic acid groups (broad SMARTS) is 1. The predicted octanol–water partition coefficient (Wildman–Crippen LogP) is 1.96. The lowest BCUT2D eigenvalue weighted by atomic mass is 10.1. The van der Waals surface area contributed by atoms with Crippen LogP contribution in [-0.2, 0) is 16.0 Å². The summed E-state index contributed by atoms with van der Waals surface area (Å²) in [5.74, 6) is -1.12. The van der Waals surface area contributed by atoms with E-state index in [1.54, 1.807) is 11.3 Å². The molecular formula is C11H15NO3S. The SMILES string of the molecule is CCc1ccc([C@@H](CC(=O)O)NC(C)=O)s1. The summed E-state index contributed by atoms with van der Waals surface area (Å²) < 4.78 is 0. The summed E-state index contributed by atoms with van der Waals surface area (Å²) in [5.41, 5.74) is 0. The molecule has 0 saturated carbocycles. The molecule has 88 valence electrons. The van der Waals surface area contributed by atoms with Gasteiger partial charge in [0.15, 0.2) is 0 Å². The second-order valence-electron chi connectivity index (χ2n) is 3.51. The van der Waals surface area contributed by atoms with Crippen LogP contribution in [0.25, 0.3) is 0 Å². The summed E-state index contributed by atoms with van der Waals surface area (Å²) >= 11 is 1.55. The number of carbonyl (C=O) groups is 2. The van der Waals surface area contributed by atoms with Crippen molar-refractivity contribution in [2.45, 2.75) is 32.7 Å². The number of carbonyl (C=O) groups excluding carboxylic acids is 1. The monoisotopic (exact) mass is 241 g/mol. The Morgan fingerprint density at radius 1 is 1.50 bits per heavy atom. The smallest absolute Gasteiger partial charge is 0.305 e. The number of hydrogen-bond donors (Lipinski definition) is 2.